The molecule has 0 spiro atoms. The van der Waals surface area contributed by atoms with Gasteiger partial charge in [0.2, 0.25) is 6.17 Å². The summed E-state index contributed by atoms with van der Waals surface area (Å²) in [6.07, 6.45) is -3.99. The van der Waals surface area contributed by atoms with Crippen molar-refractivity contribution < 1.29 is 24.1 Å². The zero-order chi connectivity index (χ0) is 12.3. The van der Waals surface area contributed by atoms with E-state index in [2.05, 4.69) is 0 Å². The van der Waals surface area contributed by atoms with E-state index in [1.54, 1.807) is 13.0 Å². The van der Waals surface area contributed by atoms with E-state index in [0.29, 0.717) is 11.3 Å². The standard InChI is InChI=1S/C11H13FO4/c1-6-5-7(3-4-8(6)16-2)10(13)9(12)11(14)15/h3-5,9-10,13H,1-2H3,(H,14,15). The van der Waals surface area contributed by atoms with Crippen LogP contribution in [0.25, 0.3) is 0 Å². The average Bonchev–Trinajstić information content (AvgIpc) is 2.26. The molecule has 5 heteroatoms. The van der Waals surface area contributed by atoms with E-state index in [4.69, 9.17) is 9.84 Å². The predicted octanol–water partition coefficient (Wildman–Crippen LogP) is 1.46. The van der Waals surface area contributed by atoms with Gasteiger partial charge in [-0.25, -0.2) is 9.18 Å². The maximum Gasteiger partial charge on any atom is 0.341 e. The van der Waals surface area contributed by atoms with Crippen LogP contribution in [0.5, 0.6) is 5.75 Å². The third kappa shape index (κ3) is 2.49. The van der Waals surface area contributed by atoms with Crippen LogP contribution in [0.4, 0.5) is 4.39 Å². The molecule has 0 aromatic heterocycles. The summed E-state index contributed by atoms with van der Waals surface area (Å²) in [6.45, 7) is 1.73. The molecular weight excluding hydrogens is 215 g/mol. The maximum atomic E-state index is 13.0. The van der Waals surface area contributed by atoms with Gasteiger partial charge in [-0.3, -0.25) is 0 Å². The zero-order valence-electron chi connectivity index (χ0n) is 8.98. The highest BCUT2D eigenvalue weighted by atomic mass is 19.1. The van der Waals surface area contributed by atoms with E-state index in [1.165, 1.54) is 19.2 Å². The van der Waals surface area contributed by atoms with Gasteiger partial charge in [-0.2, -0.15) is 0 Å². The summed E-state index contributed by atoms with van der Waals surface area (Å²) in [5, 5.41) is 17.9. The molecule has 1 aromatic rings. The fraction of sp³-hybridized carbons (Fsp3) is 0.364. The van der Waals surface area contributed by atoms with Gasteiger partial charge in [0.05, 0.1) is 7.11 Å². The lowest BCUT2D eigenvalue weighted by Gasteiger charge is -2.14. The Hall–Kier alpha value is -1.62. The van der Waals surface area contributed by atoms with Crippen molar-refractivity contribution in [2.75, 3.05) is 7.11 Å². The number of aliphatic carboxylic acids is 1. The minimum atomic E-state index is -2.33. The lowest BCUT2D eigenvalue weighted by Crippen LogP contribution is -2.23. The molecule has 0 heterocycles. The highest BCUT2D eigenvalue weighted by Gasteiger charge is 2.27. The molecule has 0 saturated carbocycles. The maximum absolute atomic E-state index is 13.0. The Morgan fingerprint density at radius 3 is 2.56 bits per heavy atom. The van der Waals surface area contributed by atoms with Crippen molar-refractivity contribution in [2.45, 2.75) is 19.2 Å². The minimum Gasteiger partial charge on any atom is -0.496 e. The first kappa shape index (κ1) is 12.4. The molecule has 0 aliphatic carbocycles. The highest BCUT2D eigenvalue weighted by molar-refractivity contribution is 5.73. The number of hydrogen-bond donors (Lipinski definition) is 2. The second-order valence-corrected chi connectivity index (χ2v) is 3.41. The molecule has 0 aliphatic rings. The first-order chi connectivity index (χ1) is 7.47. The molecule has 0 bridgehead atoms. The number of alkyl halides is 1. The number of benzene rings is 1. The first-order valence-corrected chi connectivity index (χ1v) is 4.67. The smallest absolute Gasteiger partial charge is 0.341 e. The molecule has 1 aromatic carbocycles. The Labute approximate surface area is 92.3 Å². The topological polar surface area (TPSA) is 66.8 Å². The second-order valence-electron chi connectivity index (χ2n) is 3.41. The summed E-state index contributed by atoms with van der Waals surface area (Å²) in [5.41, 5.74) is 0.921. The van der Waals surface area contributed by atoms with Crippen LogP contribution in [-0.2, 0) is 4.79 Å². The van der Waals surface area contributed by atoms with Gasteiger partial charge in [-0.05, 0) is 30.2 Å². The average molecular weight is 228 g/mol. The van der Waals surface area contributed by atoms with Gasteiger partial charge < -0.3 is 14.9 Å². The summed E-state index contributed by atoms with van der Waals surface area (Å²) in [4.78, 5) is 10.4. The molecule has 0 fully saturated rings. The van der Waals surface area contributed by atoms with Crippen molar-refractivity contribution in [3.63, 3.8) is 0 Å². The number of aliphatic hydroxyl groups is 1. The number of carbonyl (C=O) groups is 1. The van der Waals surface area contributed by atoms with Crippen molar-refractivity contribution in [3.8, 4) is 5.75 Å². The fourth-order valence-electron chi connectivity index (χ4n) is 1.39. The number of carboxylic acids is 1. The van der Waals surface area contributed by atoms with Gasteiger partial charge in [-0.1, -0.05) is 6.07 Å². The minimum absolute atomic E-state index is 0.216. The first-order valence-electron chi connectivity index (χ1n) is 4.67. The fourth-order valence-corrected chi connectivity index (χ4v) is 1.39. The summed E-state index contributed by atoms with van der Waals surface area (Å²) < 4.78 is 18.0. The van der Waals surface area contributed by atoms with E-state index in [-0.39, 0.29) is 5.56 Å². The Kier molecular flexibility index (Phi) is 3.84. The quantitative estimate of drug-likeness (QED) is 0.818. The van der Waals surface area contributed by atoms with Crippen LogP contribution in [0.3, 0.4) is 0 Å². The van der Waals surface area contributed by atoms with Crippen LogP contribution in [0.2, 0.25) is 0 Å². The van der Waals surface area contributed by atoms with Gasteiger partial charge in [0.15, 0.2) is 0 Å². The number of aryl methyl sites for hydroxylation is 1. The van der Waals surface area contributed by atoms with Gasteiger partial charge in [-0.15, -0.1) is 0 Å². The number of ether oxygens (including phenoxy) is 1. The predicted molar refractivity (Wildman–Crippen MR) is 55.2 cm³/mol. The molecule has 2 N–H and O–H groups in total. The van der Waals surface area contributed by atoms with Gasteiger partial charge >= 0.3 is 5.97 Å². The number of carboxylic acid groups (broad SMARTS) is 1. The molecule has 4 nitrogen and oxygen atoms in total. The molecule has 2 unspecified atom stereocenters. The summed E-state index contributed by atoms with van der Waals surface area (Å²) in [7, 11) is 1.49. The molecule has 1 rings (SSSR count). The van der Waals surface area contributed by atoms with E-state index < -0.39 is 18.2 Å². The van der Waals surface area contributed by atoms with E-state index in [1.807, 2.05) is 0 Å². The SMILES string of the molecule is COc1ccc(C(O)C(F)C(=O)O)cc1C. The third-order valence-electron chi connectivity index (χ3n) is 2.27. The molecule has 16 heavy (non-hydrogen) atoms. The number of rotatable bonds is 4. The van der Waals surface area contributed by atoms with Crippen molar-refractivity contribution in [2.24, 2.45) is 0 Å². The molecular formula is C11H13FO4. The highest BCUT2D eigenvalue weighted by Crippen LogP contribution is 2.25. The van der Waals surface area contributed by atoms with Crippen LogP contribution in [0.1, 0.15) is 17.2 Å². The molecule has 0 saturated heterocycles. The van der Waals surface area contributed by atoms with Crippen molar-refractivity contribution >= 4 is 5.97 Å². The van der Waals surface area contributed by atoms with Crippen LogP contribution in [0, 0.1) is 6.92 Å². The van der Waals surface area contributed by atoms with Gasteiger partial charge in [0.25, 0.3) is 0 Å². The summed E-state index contributed by atoms with van der Waals surface area (Å²) in [5.74, 6) is -1.08. The summed E-state index contributed by atoms with van der Waals surface area (Å²) in [6, 6.07) is 4.49. The van der Waals surface area contributed by atoms with Crippen molar-refractivity contribution in [1.82, 2.24) is 0 Å². The Bertz CT molecular complexity index is 392. The third-order valence-corrected chi connectivity index (χ3v) is 2.27. The lowest BCUT2D eigenvalue weighted by atomic mass is 10.0. The Morgan fingerprint density at radius 1 is 1.50 bits per heavy atom. The van der Waals surface area contributed by atoms with Crippen LogP contribution in [-0.4, -0.2) is 29.5 Å². The number of halogens is 1. The number of aliphatic hydroxyl groups excluding tert-OH is 1. The van der Waals surface area contributed by atoms with Gasteiger partial charge in [0.1, 0.15) is 11.9 Å². The number of hydrogen-bond acceptors (Lipinski definition) is 3. The van der Waals surface area contributed by atoms with E-state index in [0.717, 1.165) is 0 Å². The zero-order valence-corrected chi connectivity index (χ0v) is 8.98. The normalized spacial score (nSPS) is 14.2. The van der Waals surface area contributed by atoms with Gasteiger partial charge in [0, 0.05) is 0 Å². The summed E-state index contributed by atoms with van der Waals surface area (Å²) >= 11 is 0. The van der Waals surface area contributed by atoms with Crippen LogP contribution >= 0.6 is 0 Å². The molecule has 2 atom stereocenters. The van der Waals surface area contributed by atoms with Crippen molar-refractivity contribution in [1.29, 1.82) is 0 Å². The molecule has 0 radical (unpaired) electrons. The molecule has 0 aliphatic heterocycles. The Morgan fingerprint density at radius 2 is 2.12 bits per heavy atom. The molecule has 0 amide bonds. The lowest BCUT2D eigenvalue weighted by molar-refractivity contribution is -0.147. The Balaban J connectivity index is 2.97. The van der Waals surface area contributed by atoms with Crippen LogP contribution in [0.15, 0.2) is 18.2 Å². The second kappa shape index (κ2) is 4.94. The van der Waals surface area contributed by atoms with Crippen LogP contribution < -0.4 is 4.74 Å². The van der Waals surface area contributed by atoms with E-state index in [9.17, 15) is 14.3 Å². The van der Waals surface area contributed by atoms with E-state index >= 15 is 0 Å². The van der Waals surface area contributed by atoms with Crippen molar-refractivity contribution in [3.05, 3.63) is 29.3 Å². The number of methoxy groups -OCH3 is 1. The largest absolute Gasteiger partial charge is 0.496 e. The monoisotopic (exact) mass is 228 g/mol. The molecule has 88 valence electrons.